The van der Waals surface area contributed by atoms with Gasteiger partial charge < -0.3 is 15.6 Å². The number of nitrogens with one attached hydrogen (secondary N) is 1. The number of nitrogens with zero attached hydrogens (tertiary/aromatic N) is 4. The molecule has 0 unspecified atom stereocenters. The minimum absolute atomic E-state index is 0.454. The van der Waals surface area contributed by atoms with E-state index >= 15 is 0 Å². The molecule has 0 bridgehead atoms. The molecular formula is C14H14N6. The van der Waals surface area contributed by atoms with Crippen molar-refractivity contribution in [2.75, 3.05) is 11.1 Å². The highest BCUT2D eigenvalue weighted by Crippen LogP contribution is 2.17. The van der Waals surface area contributed by atoms with Crippen molar-refractivity contribution in [2.45, 2.75) is 6.92 Å². The second kappa shape index (κ2) is 5.00. The Hall–Kier alpha value is -2.89. The molecule has 0 aliphatic rings. The van der Waals surface area contributed by atoms with E-state index in [0.29, 0.717) is 11.8 Å². The topological polar surface area (TPSA) is 81.6 Å². The smallest absolute Gasteiger partial charge is 0.229 e. The summed E-state index contributed by atoms with van der Waals surface area (Å²) in [4.78, 5) is 12.4. The first-order chi connectivity index (χ1) is 9.70. The van der Waals surface area contributed by atoms with E-state index < -0.39 is 0 Å². The van der Waals surface area contributed by atoms with Crippen molar-refractivity contribution in [2.24, 2.45) is 0 Å². The van der Waals surface area contributed by atoms with E-state index in [-0.39, 0.29) is 0 Å². The third-order valence-corrected chi connectivity index (χ3v) is 2.80. The predicted octanol–water partition coefficient (Wildman–Crippen LogP) is 2.30. The highest BCUT2D eigenvalue weighted by atomic mass is 15.1. The van der Waals surface area contributed by atoms with E-state index in [9.17, 15) is 0 Å². The van der Waals surface area contributed by atoms with E-state index in [4.69, 9.17) is 5.73 Å². The van der Waals surface area contributed by atoms with E-state index in [0.717, 1.165) is 17.1 Å². The van der Waals surface area contributed by atoms with E-state index in [1.807, 2.05) is 42.0 Å². The van der Waals surface area contributed by atoms with Gasteiger partial charge in [-0.1, -0.05) is 0 Å². The summed E-state index contributed by atoms with van der Waals surface area (Å²) in [6.45, 7) is 1.88. The van der Waals surface area contributed by atoms with Crippen LogP contribution in [0, 0.1) is 6.92 Å². The molecule has 2 aromatic heterocycles. The normalized spacial score (nSPS) is 10.4. The molecule has 20 heavy (non-hydrogen) atoms. The van der Waals surface area contributed by atoms with Crippen molar-refractivity contribution in [1.82, 2.24) is 19.5 Å². The molecule has 6 nitrogen and oxygen atoms in total. The molecule has 100 valence electrons. The molecule has 1 aromatic carbocycles. The Morgan fingerprint density at radius 2 is 1.95 bits per heavy atom. The summed E-state index contributed by atoms with van der Waals surface area (Å²) in [5.41, 5.74) is 8.47. The number of nitrogens with two attached hydrogens (primary N) is 1. The molecule has 3 aromatic rings. The van der Waals surface area contributed by atoms with Gasteiger partial charge >= 0.3 is 0 Å². The SMILES string of the molecule is Cc1cc(N)nc(Nc2ccc(-n3ccnc3)cc2)n1. The van der Waals surface area contributed by atoms with Crippen molar-refractivity contribution in [1.29, 1.82) is 0 Å². The predicted molar refractivity (Wildman–Crippen MR) is 78.0 cm³/mol. The van der Waals surface area contributed by atoms with Crippen molar-refractivity contribution in [3.63, 3.8) is 0 Å². The Bertz CT molecular complexity index is 683. The van der Waals surface area contributed by atoms with Gasteiger partial charge in [-0.2, -0.15) is 4.98 Å². The van der Waals surface area contributed by atoms with E-state index in [2.05, 4.69) is 20.3 Å². The first kappa shape index (κ1) is 12.2. The Morgan fingerprint density at radius 1 is 1.15 bits per heavy atom. The van der Waals surface area contributed by atoms with Crippen LogP contribution >= 0.6 is 0 Å². The lowest BCUT2D eigenvalue weighted by atomic mass is 10.3. The highest BCUT2D eigenvalue weighted by molar-refractivity contribution is 5.56. The molecule has 0 spiro atoms. The average Bonchev–Trinajstić information content (AvgIpc) is 2.92. The first-order valence-corrected chi connectivity index (χ1v) is 6.17. The monoisotopic (exact) mass is 266 g/mol. The van der Waals surface area contributed by atoms with Crippen LogP contribution in [0.15, 0.2) is 49.1 Å². The maximum absolute atomic E-state index is 5.70. The second-order valence-corrected chi connectivity index (χ2v) is 4.40. The Labute approximate surface area is 116 Å². The molecule has 6 heteroatoms. The van der Waals surface area contributed by atoms with Gasteiger partial charge in [-0.3, -0.25) is 0 Å². The quantitative estimate of drug-likeness (QED) is 0.760. The number of hydrogen-bond acceptors (Lipinski definition) is 5. The van der Waals surface area contributed by atoms with Crippen LogP contribution in [0.2, 0.25) is 0 Å². The lowest BCUT2D eigenvalue weighted by Crippen LogP contribution is -2.01. The van der Waals surface area contributed by atoms with E-state index in [1.54, 1.807) is 18.6 Å². The van der Waals surface area contributed by atoms with Crippen LogP contribution in [0.1, 0.15) is 5.69 Å². The van der Waals surface area contributed by atoms with Crippen molar-refractivity contribution < 1.29 is 0 Å². The largest absolute Gasteiger partial charge is 0.384 e. The van der Waals surface area contributed by atoms with Crippen LogP contribution < -0.4 is 11.1 Å². The molecule has 2 heterocycles. The average molecular weight is 266 g/mol. The third kappa shape index (κ3) is 2.59. The molecule has 0 radical (unpaired) electrons. The first-order valence-electron chi connectivity index (χ1n) is 6.17. The van der Waals surface area contributed by atoms with Crippen LogP contribution in [-0.2, 0) is 0 Å². The molecule has 3 N–H and O–H groups in total. The van der Waals surface area contributed by atoms with Gasteiger partial charge in [0.2, 0.25) is 5.95 Å². The lowest BCUT2D eigenvalue weighted by molar-refractivity contribution is 1.06. The van der Waals surface area contributed by atoms with Crippen LogP contribution in [-0.4, -0.2) is 19.5 Å². The summed E-state index contributed by atoms with van der Waals surface area (Å²) in [6, 6.07) is 9.62. The molecule has 0 aliphatic heterocycles. The minimum Gasteiger partial charge on any atom is -0.384 e. The number of nitrogen functional groups attached to an aromatic ring is 1. The van der Waals surface area contributed by atoms with Gasteiger partial charge in [-0.05, 0) is 31.2 Å². The van der Waals surface area contributed by atoms with Gasteiger partial charge in [0.05, 0.1) is 6.33 Å². The zero-order chi connectivity index (χ0) is 13.9. The number of anilines is 3. The number of aryl methyl sites for hydroxylation is 1. The maximum Gasteiger partial charge on any atom is 0.229 e. The van der Waals surface area contributed by atoms with Crippen LogP contribution in [0.5, 0.6) is 0 Å². The standard InChI is InChI=1S/C14H14N6/c1-10-8-13(15)19-14(17-10)18-11-2-4-12(5-3-11)20-7-6-16-9-20/h2-9H,1H3,(H3,15,17,18,19). The molecule has 0 amide bonds. The summed E-state index contributed by atoms with van der Waals surface area (Å²) < 4.78 is 1.94. The molecule has 0 saturated carbocycles. The zero-order valence-electron chi connectivity index (χ0n) is 11.0. The third-order valence-electron chi connectivity index (χ3n) is 2.80. The molecule has 0 fully saturated rings. The summed E-state index contributed by atoms with van der Waals surface area (Å²) in [7, 11) is 0. The number of hydrogen-bond donors (Lipinski definition) is 2. The second-order valence-electron chi connectivity index (χ2n) is 4.40. The summed E-state index contributed by atoms with van der Waals surface area (Å²) >= 11 is 0. The van der Waals surface area contributed by atoms with E-state index in [1.165, 1.54) is 0 Å². The maximum atomic E-state index is 5.70. The highest BCUT2D eigenvalue weighted by Gasteiger charge is 2.01. The molecular weight excluding hydrogens is 252 g/mol. The summed E-state index contributed by atoms with van der Waals surface area (Å²) in [5, 5.41) is 3.13. The van der Waals surface area contributed by atoms with Gasteiger partial charge in [0, 0.05) is 35.5 Å². The van der Waals surface area contributed by atoms with Crippen LogP contribution in [0.25, 0.3) is 5.69 Å². The molecule has 0 atom stereocenters. The van der Waals surface area contributed by atoms with Gasteiger partial charge in [0.15, 0.2) is 0 Å². The van der Waals surface area contributed by atoms with Crippen LogP contribution in [0.4, 0.5) is 17.5 Å². The number of rotatable bonds is 3. The van der Waals surface area contributed by atoms with Gasteiger partial charge in [0.1, 0.15) is 5.82 Å². The van der Waals surface area contributed by atoms with Gasteiger partial charge in [0.25, 0.3) is 0 Å². The summed E-state index contributed by atoms with van der Waals surface area (Å²) in [5.74, 6) is 0.952. The lowest BCUT2D eigenvalue weighted by Gasteiger charge is -2.07. The van der Waals surface area contributed by atoms with Gasteiger partial charge in [-0.25, -0.2) is 9.97 Å². The Kier molecular flexibility index (Phi) is 3.04. The minimum atomic E-state index is 0.454. The number of imidazole rings is 1. The molecule has 3 rings (SSSR count). The fraction of sp³-hybridized carbons (Fsp3) is 0.0714. The van der Waals surface area contributed by atoms with Crippen molar-refractivity contribution >= 4 is 17.5 Å². The zero-order valence-corrected chi connectivity index (χ0v) is 11.0. The van der Waals surface area contributed by atoms with Crippen molar-refractivity contribution in [3.05, 3.63) is 54.7 Å². The molecule has 0 aliphatic carbocycles. The Morgan fingerprint density at radius 3 is 2.60 bits per heavy atom. The number of aromatic nitrogens is 4. The van der Waals surface area contributed by atoms with Crippen molar-refractivity contribution in [3.8, 4) is 5.69 Å². The fourth-order valence-corrected chi connectivity index (χ4v) is 1.91. The Balaban J connectivity index is 1.81. The van der Waals surface area contributed by atoms with Crippen LogP contribution in [0.3, 0.4) is 0 Å². The fourth-order valence-electron chi connectivity index (χ4n) is 1.91. The van der Waals surface area contributed by atoms with Gasteiger partial charge in [-0.15, -0.1) is 0 Å². The molecule has 0 saturated heterocycles. The summed E-state index contributed by atoms with van der Waals surface area (Å²) in [6.07, 6.45) is 5.40. The number of benzene rings is 1.